The van der Waals surface area contributed by atoms with Crippen LogP contribution in [0.15, 0.2) is 11.9 Å². The Hall–Kier alpha value is 0.155. The average molecular weight is 215 g/mol. The van der Waals surface area contributed by atoms with E-state index in [9.17, 15) is 0 Å². The lowest BCUT2D eigenvalue weighted by atomic mass is 10.2. The molecule has 0 atom stereocenters. The Morgan fingerprint density at radius 2 is 1.64 bits per heavy atom. The molecular weight excluding hydrogens is 194 g/mol. The number of hydrogen-bond donors (Lipinski definition) is 0. The molecule has 0 saturated heterocycles. The lowest BCUT2D eigenvalue weighted by Gasteiger charge is -2.10. The first-order chi connectivity index (χ1) is 6.35. The number of rotatable bonds is 8. The molecule has 0 aliphatic rings. The minimum Gasteiger partial charge on any atom is -0.331 e. The lowest BCUT2D eigenvalue weighted by Crippen LogP contribution is -1.87. The molecule has 0 saturated carbocycles. The average Bonchev–Trinajstić information content (AvgIpc) is 2.13. The van der Waals surface area contributed by atoms with Gasteiger partial charge >= 0.3 is 0 Å². The van der Waals surface area contributed by atoms with E-state index in [1.807, 2.05) is 13.8 Å². The Balaban J connectivity index is 0. The van der Waals surface area contributed by atoms with Crippen molar-refractivity contribution in [1.82, 2.24) is 0 Å². The number of unbranched alkanes of at least 4 members (excludes halogenated alkanes) is 2. The van der Waals surface area contributed by atoms with Gasteiger partial charge in [-0.05, 0) is 26.1 Å². The van der Waals surface area contributed by atoms with Crippen LogP contribution in [0.5, 0.6) is 0 Å². The predicted octanol–water partition coefficient (Wildman–Crippen LogP) is 3.69. The summed E-state index contributed by atoms with van der Waals surface area (Å²) in [6, 6.07) is 0. The van der Waals surface area contributed by atoms with E-state index in [4.69, 9.17) is 9.05 Å². The summed E-state index contributed by atoms with van der Waals surface area (Å²) in [7, 11) is -0.758. The molecule has 0 N–H and O–H groups in total. The minimum absolute atomic E-state index is 0. The molecule has 0 bridgehead atoms. The third-order valence-electron chi connectivity index (χ3n) is 1.46. The number of hydrogen-bond acceptors (Lipinski definition) is 2. The second kappa shape index (κ2) is 13.2. The third-order valence-corrected chi connectivity index (χ3v) is 2.94. The van der Waals surface area contributed by atoms with Gasteiger partial charge in [-0.3, -0.25) is 0 Å². The van der Waals surface area contributed by atoms with Gasteiger partial charge in [-0.25, -0.2) is 0 Å². The van der Waals surface area contributed by atoms with E-state index in [0.717, 1.165) is 19.6 Å². The SMILES string of the molecule is CCCC/C=C/P(OCC)OCC.[B]. The fourth-order valence-electron chi connectivity index (χ4n) is 0.860. The smallest absolute Gasteiger partial charge is 0.196 e. The van der Waals surface area contributed by atoms with Crippen LogP contribution in [0.2, 0.25) is 0 Å². The molecule has 0 spiro atoms. The molecule has 14 heavy (non-hydrogen) atoms. The van der Waals surface area contributed by atoms with Crippen LogP contribution in [0, 0.1) is 0 Å². The maximum Gasteiger partial charge on any atom is 0.196 e. The van der Waals surface area contributed by atoms with Crippen molar-refractivity contribution in [3.05, 3.63) is 11.9 Å². The van der Waals surface area contributed by atoms with E-state index in [0.29, 0.717) is 0 Å². The molecule has 0 aromatic heterocycles. The molecule has 2 nitrogen and oxygen atoms in total. The molecule has 4 heteroatoms. The van der Waals surface area contributed by atoms with Crippen molar-refractivity contribution in [2.24, 2.45) is 0 Å². The lowest BCUT2D eigenvalue weighted by molar-refractivity contribution is 0.276. The summed E-state index contributed by atoms with van der Waals surface area (Å²) in [5, 5.41) is 0. The van der Waals surface area contributed by atoms with Crippen molar-refractivity contribution in [1.29, 1.82) is 0 Å². The normalized spacial score (nSPS) is 10.9. The van der Waals surface area contributed by atoms with Gasteiger partial charge in [0, 0.05) is 8.41 Å². The van der Waals surface area contributed by atoms with Crippen LogP contribution >= 0.6 is 8.38 Å². The Kier molecular flexibility index (Phi) is 15.6. The maximum atomic E-state index is 5.42. The Bertz CT molecular complexity index is 125. The Morgan fingerprint density at radius 3 is 2.07 bits per heavy atom. The highest BCUT2D eigenvalue weighted by Crippen LogP contribution is 2.39. The molecule has 0 fully saturated rings. The molecule has 0 aliphatic heterocycles. The van der Waals surface area contributed by atoms with Gasteiger partial charge < -0.3 is 9.05 Å². The highest BCUT2D eigenvalue weighted by Gasteiger charge is 2.01. The quantitative estimate of drug-likeness (QED) is 0.349. The van der Waals surface area contributed by atoms with E-state index >= 15 is 0 Å². The standard InChI is InChI=1S/C10H21O2P.B/c1-4-7-8-9-10-13(11-5-2)12-6-3;/h9-10H,4-8H2,1-3H3;/b10-9+;. The largest absolute Gasteiger partial charge is 0.331 e. The van der Waals surface area contributed by atoms with Gasteiger partial charge in [-0.15, -0.1) is 0 Å². The van der Waals surface area contributed by atoms with Crippen molar-refractivity contribution in [2.75, 3.05) is 13.2 Å². The van der Waals surface area contributed by atoms with Crippen LogP contribution in [0.25, 0.3) is 0 Å². The van der Waals surface area contributed by atoms with Crippen molar-refractivity contribution < 1.29 is 9.05 Å². The highest BCUT2D eigenvalue weighted by molar-refractivity contribution is 7.50. The summed E-state index contributed by atoms with van der Waals surface area (Å²) in [5.74, 6) is 2.07. The predicted molar refractivity (Wildman–Crippen MR) is 64.6 cm³/mol. The van der Waals surface area contributed by atoms with Crippen LogP contribution in [-0.4, -0.2) is 21.6 Å². The summed E-state index contributed by atoms with van der Waals surface area (Å²) in [6.07, 6.45) is 5.79. The molecule has 0 aliphatic carbocycles. The monoisotopic (exact) mass is 215 g/mol. The summed E-state index contributed by atoms with van der Waals surface area (Å²) < 4.78 is 10.8. The van der Waals surface area contributed by atoms with Crippen LogP contribution in [0.3, 0.4) is 0 Å². The second-order valence-corrected chi connectivity index (χ2v) is 4.03. The van der Waals surface area contributed by atoms with Gasteiger partial charge in [0.15, 0.2) is 8.38 Å². The van der Waals surface area contributed by atoms with Crippen molar-refractivity contribution in [3.8, 4) is 0 Å². The fourth-order valence-corrected chi connectivity index (χ4v) is 1.94. The molecule has 0 aromatic carbocycles. The van der Waals surface area contributed by atoms with E-state index in [-0.39, 0.29) is 8.41 Å². The number of allylic oxidation sites excluding steroid dienone is 1. The third kappa shape index (κ3) is 10.2. The molecule has 0 rings (SSSR count). The molecular formula is C10H21BO2P. The molecule has 0 heterocycles. The van der Waals surface area contributed by atoms with E-state index < -0.39 is 8.38 Å². The molecule has 0 amide bonds. The van der Waals surface area contributed by atoms with E-state index in [2.05, 4.69) is 18.8 Å². The van der Waals surface area contributed by atoms with Gasteiger partial charge in [0.2, 0.25) is 0 Å². The van der Waals surface area contributed by atoms with Crippen molar-refractivity contribution >= 4 is 16.8 Å². The molecule has 81 valence electrons. The summed E-state index contributed by atoms with van der Waals surface area (Å²) in [6.45, 7) is 7.64. The van der Waals surface area contributed by atoms with E-state index in [1.165, 1.54) is 12.8 Å². The van der Waals surface area contributed by atoms with Crippen LogP contribution < -0.4 is 0 Å². The fraction of sp³-hybridized carbons (Fsp3) is 0.800. The van der Waals surface area contributed by atoms with Crippen molar-refractivity contribution in [3.63, 3.8) is 0 Å². The zero-order chi connectivity index (χ0) is 9.94. The first kappa shape index (κ1) is 16.6. The van der Waals surface area contributed by atoms with Crippen LogP contribution in [-0.2, 0) is 9.05 Å². The van der Waals surface area contributed by atoms with Gasteiger partial charge in [0.05, 0.1) is 13.2 Å². The Labute approximate surface area is 91.6 Å². The van der Waals surface area contributed by atoms with Crippen LogP contribution in [0.4, 0.5) is 0 Å². The first-order valence-corrected chi connectivity index (χ1v) is 6.31. The van der Waals surface area contributed by atoms with Gasteiger partial charge in [-0.2, -0.15) is 0 Å². The molecule has 0 aromatic rings. The zero-order valence-corrected chi connectivity index (χ0v) is 10.4. The Morgan fingerprint density at radius 1 is 1.07 bits per heavy atom. The van der Waals surface area contributed by atoms with Crippen LogP contribution in [0.1, 0.15) is 40.0 Å². The summed E-state index contributed by atoms with van der Waals surface area (Å²) >= 11 is 0. The maximum absolute atomic E-state index is 5.42. The zero-order valence-electron chi connectivity index (χ0n) is 9.53. The topological polar surface area (TPSA) is 18.5 Å². The second-order valence-electron chi connectivity index (χ2n) is 2.65. The molecule has 3 radical (unpaired) electrons. The first-order valence-electron chi connectivity index (χ1n) is 5.06. The minimum atomic E-state index is -0.758. The van der Waals surface area contributed by atoms with E-state index in [1.54, 1.807) is 0 Å². The summed E-state index contributed by atoms with van der Waals surface area (Å²) in [4.78, 5) is 0. The van der Waals surface area contributed by atoms with Gasteiger partial charge in [0.25, 0.3) is 0 Å². The molecule has 0 unspecified atom stereocenters. The van der Waals surface area contributed by atoms with Gasteiger partial charge in [-0.1, -0.05) is 25.8 Å². The van der Waals surface area contributed by atoms with Gasteiger partial charge in [0.1, 0.15) is 0 Å². The van der Waals surface area contributed by atoms with Crippen molar-refractivity contribution in [2.45, 2.75) is 40.0 Å². The highest BCUT2D eigenvalue weighted by atomic mass is 31.2. The summed E-state index contributed by atoms with van der Waals surface area (Å²) in [5.41, 5.74) is 0.